The second-order valence-electron chi connectivity index (χ2n) is 1.76. The van der Waals surface area contributed by atoms with E-state index in [-0.39, 0.29) is 5.82 Å². The molecule has 0 aliphatic rings. The summed E-state index contributed by atoms with van der Waals surface area (Å²) in [7, 11) is 0. The van der Waals surface area contributed by atoms with Crippen molar-refractivity contribution in [1.82, 2.24) is 4.98 Å². The Hall–Kier alpha value is -1.65. The Bertz CT molecular complexity index is 277. The van der Waals surface area contributed by atoms with E-state index >= 15 is 0 Å². The van der Waals surface area contributed by atoms with Gasteiger partial charge in [0.15, 0.2) is 11.6 Å². The molecule has 0 bridgehead atoms. The molecule has 0 atom stereocenters. The van der Waals surface area contributed by atoms with E-state index in [1.54, 1.807) is 5.32 Å². The van der Waals surface area contributed by atoms with Crippen LogP contribution in [-0.2, 0) is 0 Å². The number of nitrogens with one attached hydrogen (secondary N) is 1. The van der Waals surface area contributed by atoms with Gasteiger partial charge >= 0.3 is 6.09 Å². The third-order valence-electron chi connectivity index (χ3n) is 0.984. The molecular formula is C6H5FN2O2. The largest absolute Gasteiger partial charge is 0.465 e. The second kappa shape index (κ2) is 2.96. The van der Waals surface area contributed by atoms with Crippen LogP contribution in [0.5, 0.6) is 0 Å². The first-order valence-electron chi connectivity index (χ1n) is 2.80. The van der Waals surface area contributed by atoms with Crippen molar-refractivity contribution in [2.75, 3.05) is 5.32 Å². The average molecular weight is 156 g/mol. The molecule has 58 valence electrons. The molecule has 1 aromatic heterocycles. The molecular weight excluding hydrogens is 151 g/mol. The lowest BCUT2D eigenvalue weighted by Crippen LogP contribution is -2.09. The molecule has 11 heavy (non-hydrogen) atoms. The summed E-state index contributed by atoms with van der Waals surface area (Å²) in [4.78, 5) is 13.5. The van der Waals surface area contributed by atoms with Crippen LogP contribution in [-0.4, -0.2) is 16.2 Å². The highest BCUT2D eigenvalue weighted by Gasteiger charge is 2.03. The van der Waals surface area contributed by atoms with Gasteiger partial charge in [0.1, 0.15) is 0 Å². The second-order valence-corrected chi connectivity index (χ2v) is 1.76. The molecule has 1 amide bonds. The number of halogens is 1. The average Bonchev–Trinajstić information content (AvgIpc) is 1.93. The van der Waals surface area contributed by atoms with Gasteiger partial charge in [0, 0.05) is 6.20 Å². The number of hydrogen-bond acceptors (Lipinski definition) is 2. The zero-order valence-corrected chi connectivity index (χ0v) is 5.41. The van der Waals surface area contributed by atoms with Crippen LogP contribution in [0.15, 0.2) is 18.3 Å². The van der Waals surface area contributed by atoms with Gasteiger partial charge in [-0.1, -0.05) is 0 Å². The summed E-state index contributed by atoms with van der Waals surface area (Å²) in [5, 5.41) is 9.98. The van der Waals surface area contributed by atoms with Gasteiger partial charge < -0.3 is 5.11 Å². The molecule has 0 aliphatic heterocycles. The van der Waals surface area contributed by atoms with E-state index in [0.717, 1.165) is 6.07 Å². The van der Waals surface area contributed by atoms with Crippen molar-refractivity contribution >= 4 is 11.9 Å². The summed E-state index contributed by atoms with van der Waals surface area (Å²) >= 11 is 0. The van der Waals surface area contributed by atoms with E-state index in [1.165, 1.54) is 12.3 Å². The number of nitrogens with zero attached hydrogens (tertiary/aromatic N) is 1. The number of amides is 1. The van der Waals surface area contributed by atoms with E-state index in [0.29, 0.717) is 0 Å². The third kappa shape index (κ3) is 1.89. The summed E-state index contributed by atoms with van der Waals surface area (Å²) in [6.45, 7) is 0. The zero-order chi connectivity index (χ0) is 8.27. The van der Waals surface area contributed by atoms with Crippen LogP contribution in [0.25, 0.3) is 0 Å². The van der Waals surface area contributed by atoms with Gasteiger partial charge in [0.2, 0.25) is 0 Å². The van der Waals surface area contributed by atoms with Crippen LogP contribution >= 0.6 is 0 Å². The minimum atomic E-state index is -1.33. The third-order valence-corrected chi connectivity index (χ3v) is 0.984. The molecule has 2 N–H and O–H groups in total. The van der Waals surface area contributed by atoms with Gasteiger partial charge in [-0.15, -0.1) is 0 Å². The fourth-order valence-electron chi connectivity index (χ4n) is 0.579. The minimum absolute atomic E-state index is 0.278. The van der Waals surface area contributed by atoms with E-state index in [2.05, 4.69) is 4.98 Å². The molecule has 1 rings (SSSR count). The summed E-state index contributed by atoms with van der Waals surface area (Å²) < 4.78 is 12.6. The molecule has 0 spiro atoms. The standard InChI is InChI=1S/C6H5FN2O2/c7-4-2-1-3-8-5(4)9-6(10)11/h1-3H,(H,8,9)(H,10,11). The number of aromatic nitrogens is 1. The van der Waals surface area contributed by atoms with E-state index < -0.39 is 11.9 Å². The highest BCUT2D eigenvalue weighted by Crippen LogP contribution is 2.07. The molecule has 0 aromatic carbocycles. The first-order valence-corrected chi connectivity index (χ1v) is 2.80. The normalized spacial score (nSPS) is 9.18. The van der Waals surface area contributed by atoms with Gasteiger partial charge in [0.25, 0.3) is 0 Å². The molecule has 0 fully saturated rings. The summed E-state index contributed by atoms with van der Waals surface area (Å²) in [5.74, 6) is -0.963. The molecule has 0 saturated carbocycles. The topological polar surface area (TPSA) is 62.2 Å². The Morgan fingerprint density at radius 1 is 1.73 bits per heavy atom. The smallest absolute Gasteiger partial charge is 0.410 e. The monoisotopic (exact) mass is 156 g/mol. The number of rotatable bonds is 1. The van der Waals surface area contributed by atoms with Crippen molar-refractivity contribution in [3.05, 3.63) is 24.1 Å². The van der Waals surface area contributed by atoms with E-state index in [4.69, 9.17) is 5.11 Å². The Balaban J connectivity index is 2.86. The Kier molecular flexibility index (Phi) is 2.00. The van der Waals surface area contributed by atoms with Crippen LogP contribution in [0.1, 0.15) is 0 Å². The van der Waals surface area contributed by atoms with Gasteiger partial charge in [-0.05, 0) is 12.1 Å². The van der Waals surface area contributed by atoms with Gasteiger partial charge in [0.05, 0.1) is 0 Å². The summed E-state index contributed by atoms with van der Waals surface area (Å²) in [6.07, 6.45) is -0.0310. The molecule has 1 aromatic rings. The molecule has 0 saturated heterocycles. The molecule has 1 heterocycles. The highest BCUT2D eigenvalue weighted by atomic mass is 19.1. The Morgan fingerprint density at radius 2 is 2.45 bits per heavy atom. The number of carbonyl (C=O) groups is 1. The van der Waals surface area contributed by atoms with E-state index in [9.17, 15) is 9.18 Å². The number of hydrogen-bond donors (Lipinski definition) is 2. The van der Waals surface area contributed by atoms with Crippen molar-refractivity contribution < 1.29 is 14.3 Å². The lowest BCUT2D eigenvalue weighted by atomic mass is 10.4. The van der Waals surface area contributed by atoms with Crippen molar-refractivity contribution in [1.29, 1.82) is 0 Å². The maximum absolute atomic E-state index is 12.6. The summed E-state index contributed by atoms with van der Waals surface area (Å²) in [6, 6.07) is 2.50. The predicted molar refractivity (Wildman–Crippen MR) is 35.8 cm³/mol. The first-order chi connectivity index (χ1) is 5.20. The SMILES string of the molecule is O=C(O)Nc1ncccc1F. The number of carboxylic acid groups (broad SMARTS) is 1. The van der Waals surface area contributed by atoms with Crippen LogP contribution in [0.3, 0.4) is 0 Å². The lowest BCUT2D eigenvalue weighted by Gasteiger charge is -1.98. The minimum Gasteiger partial charge on any atom is -0.465 e. The lowest BCUT2D eigenvalue weighted by molar-refractivity contribution is 0.209. The Morgan fingerprint density at radius 3 is 3.00 bits per heavy atom. The maximum atomic E-state index is 12.6. The highest BCUT2D eigenvalue weighted by molar-refractivity contribution is 5.81. The van der Waals surface area contributed by atoms with Crippen LogP contribution in [0.2, 0.25) is 0 Å². The van der Waals surface area contributed by atoms with Crippen LogP contribution < -0.4 is 5.32 Å². The van der Waals surface area contributed by atoms with Crippen LogP contribution in [0, 0.1) is 5.82 Å². The van der Waals surface area contributed by atoms with Crippen molar-refractivity contribution in [3.8, 4) is 0 Å². The molecule has 0 unspecified atom stereocenters. The maximum Gasteiger partial charge on any atom is 0.410 e. The number of anilines is 1. The van der Waals surface area contributed by atoms with Gasteiger partial charge in [-0.3, -0.25) is 5.32 Å². The van der Waals surface area contributed by atoms with Crippen molar-refractivity contribution in [3.63, 3.8) is 0 Å². The molecule has 5 heteroatoms. The summed E-state index contributed by atoms with van der Waals surface area (Å²) in [5.41, 5.74) is 0. The zero-order valence-electron chi connectivity index (χ0n) is 5.41. The fourth-order valence-corrected chi connectivity index (χ4v) is 0.579. The molecule has 0 radical (unpaired) electrons. The van der Waals surface area contributed by atoms with Crippen molar-refractivity contribution in [2.45, 2.75) is 0 Å². The van der Waals surface area contributed by atoms with Crippen LogP contribution in [0.4, 0.5) is 15.0 Å². The van der Waals surface area contributed by atoms with Crippen molar-refractivity contribution in [2.24, 2.45) is 0 Å². The van der Waals surface area contributed by atoms with Gasteiger partial charge in [-0.2, -0.15) is 0 Å². The predicted octanol–water partition coefficient (Wildman–Crippen LogP) is 1.31. The first kappa shape index (κ1) is 7.46. The number of pyridine rings is 1. The fraction of sp³-hybridized carbons (Fsp3) is 0. The quantitative estimate of drug-likeness (QED) is 0.644. The van der Waals surface area contributed by atoms with Gasteiger partial charge in [-0.25, -0.2) is 14.2 Å². The van der Waals surface area contributed by atoms with E-state index in [1.807, 2.05) is 0 Å². The molecule has 0 aliphatic carbocycles. The molecule has 4 nitrogen and oxygen atoms in total. The Labute approximate surface area is 61.7 Å².